The maximum Gasteiger partial charge on any atom is 0.248 e. The highest BCUT2D eigenvalue weighted by Gasteiger charge is 2.09. The minimum atomic E-state index is -0.474. The molecule has 0 aliphatic carbocycles. The molecule has 0 aliphatic rings. The van der Waals surface area contributed by atoms with Gasteiger partial charge in [0.15, 0.2) is 17.3 Å². The van der Waals surface area contributed by atoms with Crippen molar-refractivity contribution in [1.29, 1.82) is 0 Å². The van der Waals surface area contributed by atoms with Crippen molar-refractivity contribution in [3.05, 3.63) is 90.3 Å². The molecule has 3 aromatic carbocycles. The Bertz CT molecular complexity index is 952. The van der Waals surface area contributed by atoms with Crippen LogP contribution in [0.2, 0.25) is 0 Å². The molecule has 0 spiro atoms. The van der Waals surface area contributed by atoms with Crippen LogP contribution in [0.4, 0.5) is 10.1 Å². The molecule has 0 heterocycles. The van der Waals surface area contributed by atoms with E-state index in [2.05, 4.69) is 5.32 Å². The molecule has 0 bridgehead atoms. The number of carbonyl (C=O) groups excluding carboxylic acids is 1. The Hall–Kier alpha value is -3.60. The molecule has 27 heavy (non-hydrogen) atoms. The van der Waals surface area contributed by atoms with E-state index in [0.29, 0.717) is 11.4 Å². The Morgan fingerprint density at radius 1 is 0.926 bits per heavy atom. The minimum absolute atomic E-state index is 0.0907. The van der Waals surface area contributed by atoms with E-state index in [0.717, 1.165) is 11.3 Å². The van der Waals surface area contributed by atoms with Crippen LogP contribution in [0.5, 0.6) is 17.2 Å². The van der Waals surface area contributed by atoms with Gasteiger partial charge in [0.25, 0.3) is 0 Å². The molecule has 0 radical (unpaired) electrons. The lowest BCUT2D eigenvalue weighted by Crippen LogP contribution is -2.08. The van der Waals surface area contributed by atoms with Gasteiger partial charge in [-0.3, -0.25) is 4.79 Å². The largest absolute Gasteiger partial charge is 0.497 e. The van der Waals surface area contributed by atoms with Crippen LogP contribution in [-0.2, 0) is 4.79 Å². The first-order valence-corrected chi connectivity index (χ1v) is 8.30. The van der Waals surface area contributed by atoms with Crippen molar-refractivity contribution in [2.45, 2.75) is 0 Å². The van der Waals surface area contributed by atoms with Crippen LogP contribution in [0.15, 0.2) is 78.9 Å². The lowest BCUT2D eigenvalue weighted by Gasteiger charge is -2.11. The third-order valence-electron chi connectivity index (χ3n) is 3.74. The van der Waals surface area contributed by atoms with Crippen molar-refractivity contribution < 1.29 is 18.7 Å². The smallest absolute Gasteiger partial charge is 0.248 e. The third kappa shape index (κ3) is 4.95. The van der Waals surface area contributed by atoms with Gasteiger partial charge in [0.05, 0.1) is 12.8 Å². The molecule has 1 N–H and O–H groups in total. The molecule has 1 amide bonds. The highest BCUT2D eigenvalue weighted by atomic mass is 19.1. The molecule has 4 nitrogen and oxygen atoms in total. The number of ether oxygens (including phenoxy) is 2. The lowest BCUT2D eigenvalue weighted by atomic mass is 10.2. The van der Waals surface area contributed by atoms with Gasteiger partial charge in [0.1, 0.15) is 5.75 Å². The number of rotatable bonds is 6. The molecule has 3 rings (SSSR count). The molecule has 0 aromatic heterocycles. The Labute approximate surface area is 156 Å². The van der Waals surface area contributed by atoms with Gasteiger partial charge in [-0.25, -0.2) is 4.39 Å². The summed E-state index contributed by atoms with van der Waals surface area (Å²) < 4.78 is 24.5. The topological polar surface area (TPSA) is 47.6 Å². The predicted molar refractivity (Wildman–Crippen MR) is 104 cm³/mol. The number of para-hydroxylation sites is 3. The molecule has 0 aliphatic heterocycles. The second kappa shape index (κ2) is 8.67. The van der Waals surface area contributed by atoms with Crippen LogP contribution in [0.3, 0.4) is 0 Å². The number of carbonyl (C=O) groups is 1. The molecule has 0 saturated heterocycles. The Morgan fingerprint density at radius 2 is 1.59 bits per heavy atom. The fraction of sp³-hybridized carbons (Fsp3) is 0.0455. The van der Waals surface area contributed by atoms with Crippen molar-refractivity contribution in [2.24, 2.45) is 0 Å². The molecule has 0 unspecified atom stereocenters. The van der Waals surface area contributed by atoms with Crippen molar-refractivity contribution in [2.75, 3.05) is 12.4 Å². The first kappa shape index (κ1) is 18.2. The van der Waals surface area contributed by atoms with Crippen molar-refractivity contribution in [3.63, 3.8) is 0 Å². The van der Waals surface area contributed by atoms with Gasteiger partial charge in [-0.1, -0.05) is 36.4 Å². The second-order valence-electron chi connectivity index (χ2n) is 5.62. The maximum atomic E-state index is 13.8. The number of anilines is 1. The first-order chi connectivity index (χ1) is 13.2. The third-order valence-corrected chi connectivity index (χ3v) is 3.74. The second-order valence-corrected chi connectivity index (χ2v) is 5.62. The average molecular weight is 363 g/mol. The molecule has 5 heteroatoms. The molecule has 0 atom stereocenters. The summed E-state index contributed by atoms with van der Waals surface area (Å²) >= 11 is 0. The number of methoxy groups -OCH3 is 1. The van der Waals surface area contributed by atoms with E-state index < -0.39 is 5.82 Å². The monoisotopic (exact) mass is 363 g/mol. The van der Waals surface area contributed by atoms with Gasteiger partial charge in [-0.05, 0) is 48.0 Å². The number of nitrogens with one attached hydrogen (secondary N) is 1. The van der Waals surface area contributed by atoms with E-state index in [9.17, 15) is 9.18 Å². The van der Waals surface area contributed by atoms with Crippen molar-refractivity contribution in [3.8, 4) is 17.2 Å². The summed E-state index contributed by atoms with van der Waals surface area (Å²) in [6.45, 7) is 0. The number of halogens is 1. The normalized spacial score (nSPS) is 10.6. The minimum Gasteiger partial charge on any atom is -0.497 e. The first-order valence-electron chi connectivity index (χ1n) is 8.30. The van der Waals surface area contributed by atoms with Crippen LogP contribution < -0.4 is 14.8 Å². The van der Waals surface area contributed by atoms with Gasteiger partial charge >= 0.3 is 0 Å². The zero-order chi connectivity index (χ0) is 19.1. The molecule has 0 fully saturated rings. The van der Waals surface area contributed by atoms with Gasteiger partial charge in [-0.15, -0.1) is 0 Å². The van der Waals surface area contributed by atoms with Gasteiger partial charge < -0.3 is 14.8 Å². The summed E-state index contributed by atoms with van der Waals surface area (Å²) in [4.78, 5) is 12.2. The Kier molecular flexibility index (Phi) is 5.84. The van der Waals surface area contributed by atoms with E-state index in [1.807, 2.05) is 24.3 Å². The average Bonchev–Trinajstić information content (AvgIpc) is 2.70. The number of hydrogen-bond donors (Lipinski definition) is 1. The quantitative estimate of drug-likeness (QED) is 0.606. The maximum absolute atomic E-state index is 13.8. The number of benzene rings is 3. The van der Waals surface area contributed by atoms with Crippen LogP contribution in [0.25, 0.3) is 6.08 Å². The fourth-order valence-corrected chi connectivity index (χ4v) is 2.37. The lowest BCUT2D eigenvalue weighted by molar-refractivity contribution is -0.111. The number of hydrogen-bond acceptors (Lipinski definition) is 3. The van der Waals surface area contributed by atoms with Crippen LogP contribution in [0.1, 0.15) is 5.56 Å². The zero-order valence-electron chi connectivity index (χ0n) is 14.7. The highest BCUT2D eigenvalue weighted by molar-refractivity contribution is 6.02. The van der Waals surface area contributed by atoms with E-state index in [4.69, 9.17) is 9.47 Å². The van der Waals surface area contributed by atoms with Crippen LogP contribution >= 0.6 is 0 Å². The van der Waals surface area contributed by atoms with E-state index in [-0.39, 0.29) is 11.7 Å². The molecule has 136 valence electrons. The SMILES string of the molecule is COc1ccc(/C=C/C(=O)Nc2ccccc2Oc2ccccc2F)cc1. The predicted octanol–water partition coefficient (Wildman–Crippen LogP) is 5.28. The Balaban J connectivity index is 1.70. The van der Waals surface area contributed by atoms with Gasteiger partial charge in [-0.2, -0.15) is 0 Å². The molecular formula is C22H18FNO3. The van der Waals surface area contributed by atoms with Crippen LogP contribution in [0, 0.1) is 5.82 Å². The molecule has 3 aromatic rings. The summed E-state index contributed by atoms with van der Waals surface area (Å²) in [5.74, 6) is 0.394. The van der Waals surface area contributed by atoms with Gasteiger partial charge in [0.2, 0.25) is 5.91 Å². The number of amides is 1. The highest BCUT2D eigenvalue weighted by Crippen LogP contribution is 2.30. The van der Waals surface area contributed by atoms with Gasteiger partial charge in [0, 0.05) is 6.08 Å². The summed E-state index contributed by atoms with van der Waals surface area (Å²) in [7, 11) is 1.60. The summed E-state index contributed by atoms with van der Waals surface area (Å²) in [6.07, 6.45) is 3.11. The molecule has 0 saturated carbocycles. The fourth-order valence-electron chi connectivity index (χ4n) is 2.37. The van der Waals surface area contributed by atoms with Crippen LogP contribution in [-0.4, -0.2) is 13.0 Å². The van der Waals surface area contributed by atoms with E-state index in [1.165, 1.54) is 18.2 Å². The summed E-state index contributed by atoms with van der Waals surface area (Å²) in [5, 5.41) is 2.75. The molecular weight excluding hydrogens is 345 g/mol. The standard InChI is InChI=1S/C22H18FNO3/c1-26-17-13-10-16(11-14-17)12-15-22(25)24-19-7-3-5-9-21(19)27-20-8-4-2-6-18(20)23/h2-15H,1H3,(H,24,25)/b15-12+. The van der Waals surface area contributed by atoms with Crippen molar-refractivity contribution in [1.82, 2.24) is 0 Å². The van der Waals surface area contributed by atoms with E-state index >= 15 is 0 Å². The zero-order valence-corrected chi connectivity index (χ0v) is 14.7. The summed E-state index contributed by atoms with van der Waals surface area (Å²) in [6, 6.07) is 20.3. The van der Waals surface area contributed by atoms with Crippen molar-refractivity contribution >= 4 is 17.7 Å². The summed E-state index contributed by atoms with van der Waals surface area (Å²) in [5.41, 5.74) is 1.31. The van der Waals surface area contributed by atoms with E-state index in [1.54, 1.807) is 49.6 Å². The Morgan fingerprint density at radius 3 is 2.30 bits per heavy atom.